The number of thiazole rings is 1. The Morgan fingerprint density at radius 1 is 1.19 bits per heavy atom. The summed E-state index contributed by atoms with van der Waals surface area (Å²) in [5.74, 6) is 0.527. The van der Waals surface area contributed by atoms with E-state index in [2.05, 4.69) is 15.3 Å². The first-order chi connectivity index (χ1) is 12.8. The predicted octanol–water partition coefficient (Wildman–Crippen LogP) is 6.00. The van der Waals surface area contributed by atoms with E-state index in [0.717, 1.165) is 5.56 Å². The Bertz CT molecular complexity index is 939. The minimum absolute atomic E-state index is 0.324. The molecule has 1 aromatic carbocycles. The maximum atomic E-state index is 12.1. The molecule has 0 aliphatic carbocycles. The van der Waals surface area contributed by atoms with Gasteiger partial charge < -0.3 is 9.47 Å². The Labute approximate surface area is 166 Å². The van der Waals surface area contributed by atoms with Gasteiger partial charge in [-0.2, -0.15) is 0 Å². The van der Waals surface area contributed by atoms with Crippen molar-refractivity contribution in [1.82, 2.24) is 9.97 Å². The second-order valence-corrected chi connectivity index (χ2v) is 7.91. The number of hydrogen-bond donors (Lipinski definition) is 1. The molecule has 3 aromatic rings. The van der Waals surface area contributed by atoms with Crippen LogP contribution < -0.4 is 10.1 Å². The highest BCUT2D eigenvalue weighted by atomic mass is 35.5. The van der Waals surface area contributed by atoms with Crippen LogP contribution >= 0.6 is 22.9 Å². The van der Waals surface area contributed by atoms with Crippen LogP contribution in [0.3, 0.4) is 0 Å². The third kappa shape index (κ3) is 5.42. The van der Waals surface area contributed by atoms with Gasteiger partial charge in [-0.05, 0) is 26.8 Å². The first kappa shape index (κ1) is 19.1. The van der Waals surface area contributed by atoms with Gasteiger partial charge in [-0.15, -0.1) is 0 Å². The highest BCUT2D eigenvalue weighted by Crippen LogP contribution is 2.40. The summed E-state index contributed by atoms with van der Waals surface area (Å²) in [6, 6.07) is 12.9. The summed E-state index contributed by atoms with van der Waals surface area (Å²) < 4.78 is 11.2. The van der Waals surface area contributed by atoms with Crippen LogP contribution in [0.25, 0.3) is 11.3 Å². The van der Waals surface area contributed by atoms with Crippen LogP contribution in [0.15, 0.2) is 48.7 Å². The number of benzene rings is 1. The summed E-state index contributed by atoms with van der Waals surface area (Å²) in [6.07, 6.45) is 0.982. The second kappa shape index (κ2) is 7.94. The lowest BCUT2D eigenvalue weighted by atomic mass is 10.2. The topological polar surface area (TPSA) is 73.3 Å². The first-order valence-corrected chi connectivity index (χ1v) is 9.35. The van der Waals surface area contributed by atoms with E-state index in [9.17, 15) is 4.79 Å². The maximum absolute atomic E-state index is 12.1. The van der Waals surface area contributed by atoms with Gasteiger partial charge in [0.15, 0.2) is 5.13 Å². The number of ether oxygens (including phenoxy) is 2. The van der Waals surface area contributed by atoms with Crippen molar-refractivity contribution in [3.63, 3.8) is 0 Å². The smallest absolute Gasteiger partial charge is 0.413 e. The molecule has 8 heteroatoms. The number of carbonyl (C=O) groups excluding carboxylic acids is 1. The normalized spacial score (nSPS) is 11.1. The average molecular weight is 404 g/mol. The molecule has 0 aliphatic rings. The molecule has 0 radical (unpaired) electrons. The Balaban J connectivity index is 1.90. The lowest BCUT2D eigenvalue weighted by molar-refractivity contribution is 0.0636. The summed E-state index contributed by atoms with van der Waals surface area (Å²) in [5.41, 5.74) is 0.872. The summed E-state index contributed by atoms with van der Waals surface area (Å²) >= 11 is 7.13. The Morgan fingerprint density at radius 3 is 2.59 bits per heavy atom. The van der Waals surface area contributed by atoms with E-state index in [1.54, 1.807) is 39.1 Å². The quantitative estimate of drug-likeness (QED) is 0.541. The van der Waals surface area contributed by atoms with E-state index >= 15 is 0 Å². The van der Waals surface area contributed by atoms with Crippen molar-refractivity contribution in [3.05, 3.63) is 53.8 Å². The number of aromatic nitrogens is 2. The summed E-state index contributed by atoms with van der Waals surface area (Å²) in [6.45, 7) is 5.39. The number of nitrogens with zero attached hydrogens (tertiary/aromatic N) is 2. The Hall–Kier alpha value is -2.64. The molecule has 0 fully saturated rings. The van der Waals surface area contributed by atoms with E-state index in [-0.39, 0.29) is 0 Å². The van der Waals surface area contributed by atoms with Gasteiger partial charge in [0.1, 0.15) is 22.2 Å². The molecule has 6 nitrogen and oxygen atoms in total. The van der Waals surface area contributed by atoms with Crippen LogP contribution in [0.4, 0.5) is 9.93 Å². The van der Waals surface area contributed by atoms with Gasteiger partial charge in [-0.1, -0.05) is 53.3 Å². The van der Waals surface area contributed by atoms with Gasteiger partial charge in [-0.25, -0.2) is 14.8 Å². The third-order valence-electron chi connectivity index (χ3n) is 3.16. The Kier molecular flexibility index (Phi) is 5.62. The van der Waals surface area contributed by atoms with Crippen LogP contribution in [0.5, 0.6) is 10.8 Å². The molecule has 2 aromatic heterocycles. The summed E-state index contributed by atoms with van der Waals surface area (Å²) in [4.78, 5) is 20.5. The second-order valence-electron chi connectivity index (χ2n) is 6.56. The predicted molar refractivity (Wildman–Crippen MR) is 107 cm³/mol. The fraction of sp³-hybridized carbons (Fsp3) is 0.211. The van der Waals surface area contributed by atoms with Gasteiger partial charge in [-0.3, -0.25) is 5.32 Å². The number of amides is 1. The molecule has 1 amide bonds. The molecule has 0 saturated heterocycles. The molecule has 27 heavy (non-hydrogen) atoms. The zero-order valence-corrected chi connectivity index (χ0v) is 16.6. The molecule has 3 rings (SSSR count). The van der Waals surface area contributed by atoms with Crippen LogP contribution in [-0.4, -0.2) is 21.7 Å². The molecule has 1 N–H and O–H groups in total. The molecule has 0 atom stereocenters. The minimum atomic E-state index is -0.600. The SMILES string of the molecule is CC(C)(C)OC(=O)Nc1nc(-c2ccccc2)c(Oc2ccnc(Cl)c2)s1. The highest BCUT2D eigenvalue weighted by Gasteiger charge is 2.20. The minimum Gasteiger partial charge on any atom is -0.444 e. The molecular formula is C19H18ClN3O3S. The van der Waals surface area contributed by atoms with E-state index in [4.69, 9.17) is 21.1 Å². The van der Waals surface area contributed by atoms with Gasteiger partial charge in [0, 0.05) is 17.8 Å². The maximum Gasteiger partial charge on any atom is 0.413 e. The third-order valence-corrected chi connectivity index (χ3v) is 4.22. The molecule has 2 heterocycles. The van der Waals surface area contributed by atoms with E-state index in [0.29, 0.717) is 26.8 Å². The number of anilines is 1. The number of hydrogen-bond acceptors (Lipinski definition) is 6. The van der Waals surface area contributed by atoms with Crippen molar-refractivity contribution in [2.75, 3.05) is 5.32 Å². The molecule has 0 saturated carbocycles. The molecule has 140 valence electrons. The number of carbonyl (C=O) groups is 1. The van der Waals surface area contributed by atoms with Crippen LogP contribution in [-0.2, 0) is 4.74 Å². The zero-order valence-electron chi connectivity index (χ0n) is 15.0. The lowest BCUT2D eigenvalue weighted by Crippen LogP contribution is -2.27. The largest absolute Gasteiger partial charge is 0.444 e. The van der Waals surface area contributed by atoms with Crippen molar-refractivity contribution < 1.29 is 14.3 Å². The van der Waals surface area contributed by atoms with Crippen LogP contribution in [0.2, 0.25) is 5.15 Å². The molecule has 0 aliphatic heterocycles. The van der Waals surface area contributed by atoms with Crippen LogP contribution in [0.1, 0.15) is 20.8 Å². The Morgan fingerprint density at radius 2 is 1.93 bits per heavy atom. The molecular weight excluding hydrogens is 386 g/mol. The van der Waals surface area contributed by atoms with Crippen molar-refractivity contribution >= 4 is 34.2 Å². The van der Waals surface area contributed by atoms with Gasteiger partial charge >= 0.3 is 6.09 Å². The first-order valence-electron chi connectivity index (χ1n) is 8.16. The molecule has 0 bridgehead atoms. The van der Waals surface area contributed by atoms with E-state index in [1.165, 1.54) is 11.3 Å². The monoisotopic (exact) mass is 403 g/mol. The van der Waals surface area contributed by atoms with Gasteiger partial charge in [0.05, 0.1) is 0 Å². The van der Waals surface area contributed by atoms with Crippen molar-refractivity contribution in [3.8, 4) is 22.1 Å². The fourth-order valence-electron chi connectivity index (χ4n) is 2.15. The fourth-order valence-corrected chi connectivity index (χ4v) is 3.16. The van der Waals surface area contributed by atoms with Crippen molar-refractivity contribution in [2.24, 2.45) is 0 Å². The van der Waals surface area contributed by atoms with Crippen molar-refractivity contribution in [2.45, 2.75) is 26.4 Å². The standard InChI is InChI=1S/C19H18ClN3O3S/c1-19(2,3)26-18(24)23-17-22-15(12-7-5-4-6-8-12)16(27-17)25-13-9-10-21-14(20)11-13/h4-11H,1-3H3,(H,22,23,24). The number of nitrogens with one attached hydrogen (secondary N) is 1. The number of halogens is 1. The number of rotatable bonds is 4. The summed E-state index contributed by atoms with van der Waals surface area (Å²) in [7, 11) is 0. The lowest BCUT2D eigenvalue weighted by Gasteiger charge is -2.18. The van der Waals surface area contributed by atoms with E-state index < -0.39 is 11.7 Å². The summed E-state index contributed by atoms with van der Waals surface area (Å²) in [5, 5.41) is 3.87. The molecule has 0 spiro atoms. The zero-order chi connectivity index (χ0) is 19.4. The van der Waals surface area contributed by atoms with Gasteiger partial charge in [0.25, 0.3) is 0 Å². The van der Waals surface area contributed by atoms with E-state index in [1.807, 2.05) is 30.3 Å². The highest BCUT2D eigenvalue weighted by molar-refractivity contribution is 7.18. The average Bonchev–Trinajstić information content (AvgIpc) is 2.96. The van der Waals surface area contributed by atoms with Crippen molar-refractivity contribution in [1.29, 1.82) is 0 Å². The van der Waals surface area contributed by atoms with Gasteiger partial charge in [0.2, 0.25) is 5.06 Å². The van der Waals surface area contributed by atoms with Crippen LogP contribution in [0, 0.1) is 0 Å². The molecule has 0 unspecified atom stereocenters. The number of pyridine rings is 1.